The minimum atomic E-state index is -0.304. The van der Waals surface area contributed by atoms with Crippen LogP contribution in [0.25, 0.3) is 0 Å². The second kappa shape index (κ2) is 8.10. The van der Waals surface area contributed by atoms with Crippen molar-refractivity contribution in [1.29, 1.82) is 0 Å². The Bertz CT molecular complexity index is 537. The molecule has 5 nitrogen and oxygen atoms in total. The molecule has 0 aliphatic carbocycles. The summed E-state index contributed by atoms with van der Waals surface area (Å²) in [7, 11) is 1.86. The minimum absolute atomic E-state index is 0.133. The first-order valence-corrected chi connectivity index (χ1v) is 8.93. The lowest BCUT2D eigenvalue weighted by atomic mass is 9.89. The van der Waals surface area contributed by atoms with Crippen LogP contribution in [-0.4, -0.2) is 66.3 Å². The lowest BCUT2D eigenvalue weighted by molar-refractivity contribution is -0.133. The van der Waals surface area contributed by atoms with Crippen molar-refractivity contribution in [3.63, 3.8) is 0 Å². The van der Waals surface area contributed by atoms with E-state index in [2.05, 4.69) is 4.90 Å². The number of ether oxygens (including phenoxy) is 1. The van der Waals surface area contributed by atoms with Crippen LogP contribution >= 0.6 is 0 Å². The van der Waals surface area contributed by atoms with E-state index in [9.17, 15) is 9.90 Å². The molecular formula is C19H28N2O3. The maximum atomic E-state index is 12.6. The number of carbonyl (C=O) groups is 1. The van der Waals surface area contributed by atoms with Crippen molar-refractivity contribution >= 4 is 5.91 Å². The molecule has 0 bridgehead atoms. The number of nitrogens with zero attached hydrogens (tertiary/aromatic N) is 2. The molecule has 1 aromatic rings. The van der Waals surface area contributed by atoms with E-state index in [0.29, 0.717) is 32.7 Å². The molecule has 0 saturated carbocycles. The summed E-state index contributed by atoms with van der Waals surface area (Å²) in [6.45, 7) is 3.24. The molecule has 2 aliphatic rings. The molecule has 2 saturated heterocycles. The Balaban J connectivity index is 1.56. The van der Waals surface area contributed by atoms with E-state index in [-0.39, 0.29) is 24.0 Å². The molecule has 3 rings (SSSR count). The first kappa shape index (κ1) is 17.4. The number of rotatable bonds is 5. The van der Waals surface area contributed by atoms with Gasteiger partial charge in [-0.15, -0.1) is 0 Å². The van der Waals surface area contributed by atoms with Gasteiger partial charge in [0.1, 0.15) is 0 Å². The Kier molecular flexibility index (Phi) is 5.87. The number of aliphatic hydroxyl groups is 1. The van der Waals surface area contributed by atoms with Crippen LogP contribution in [0.5, 0.6) is 0 Å². The number of carbonyl (C=O) groups excluding carboxylic acids is 1. The van der Waals surface area contributed by atoms with E-state index in [4.69, 9.17) is 4.74 Å². The van der Waals surface area contributed by atoms with Crippen LogP contribution in [0, 0.1) is 5.92 Å². The van der Waals surface area contributed by atoms with Gasteiger partial charge in [0.25, 0.3) is 0 Å². The molecule has 2 heterocycles. The Morgan fingerprint density at radius 3 is 2.88 bits per heavy atom. The van der Waals surface area contributed by atoms with E-state index in [1.165, 1.54) is 0 Å². The molecule has 1 aromatic carbocycles. The molecule has 2 aliphatic heterocycles. The van der Waals surface area contributed by atoms with Gasteiger partial charge in [0.05, 0.1) is 19.3 Å². The fraction of sp³-hybridized carbons (Fsp3) is 0.632. The van der Waals surface area contributed by atoms with Crippen LogP contribution < -0.4 is 0 Å². The van der Waals surface area contributed by atoms with Crippen molar-refractivity contribution in [2.45, 2.75) is 38.0 Å². The third-order valence-corrected chi connectivity index (χ3v) is 5.30. The highest BCUT2D eigenvalue weighted by atomic mass is 16.5. The highest BCUT2D eigenvalue weighted by Gasteiger charge is 2.38. The average molecular weight is 332 g/mol. The van der Waals surface area contributed by atoms with Crippen LogP contribution in [0.15, 0.2) is 30.3 Å². The zero-order valence-electron chi connectivity index (χ0n) is 14.4. The number of benzene rings is 1. The fourth-order valence-corrected chi connectivity index (χ4v) is 3.89. The quantitative estimate of drug-likeness (QED) is 0.888. The second-order valence-electron chi connectivity index (χ2n) is 7.01. The molecular weight excluding hydrogens is 304 g/mol. The summed E-state index contributed by atoms with van der Waals surface area (Å²) >= 11 is 0. The Labute approximate surface area is 144 Å². The van der Waals surface area contributed by atoms with E-state index in [1.807, 2.05) is 37.4 Å². The van der Waals surface area contributed by atoms with Gasteiger partial charge in [-0.2, -0.15) is 0 Å². The average Bonchev–Trinajstić information content (AvgIpc) is 3.04. The van der Waals surface area contributed by atoms with Gasteiger partial charge in [-0.3, -0.25) is 9.69 Å². The SMILES string of the molecule is CN(Cc1ccccc1)C(=O)CN1CCC[C@@H]1[C@@H]1COCC[C@@H]1O. The van der Waals surface area contributed by atoms with E-state index < -0.39 is 0 Å². The number of aliphatic hydroxyl groups excluding tert-OH is 1. The number of likely N-dealkylation sites (tertiary alicyclic amines) is 1. The third kappa shape index (κ3) is 4.15. The zero-order chi connectivity index (χ0) is 16.9. The van der Waals surface area contributed by atoms with Crippen LogP contribution in [0.3, 0.4) is 0 Å². The smallest absolute Gasteiger partial charge is 0.236 e. The molecule has 1 N–H and O–H groups in total. The van der Waals surface area contributed by atoms with Crippen molar-refractivity contribution in [3.05, 3.63) is 35.9 Å². The van der Waals surface area contributed by atoms with E-state index in [0.717, 1.165) is 24.9 Å². The molecule has 132 valence electrons. The molecule has 0 radical (unpaired) electrons. The minimum Gasteiger partial charge on any atom is -0.393 e. The monoisotopic (exact) mass is 332 g/mol. The molecule has 2 fully saturated rings. The van der Waals surface area contributed by atoms with Gasteiger partial charge in [0.15, 0.2) is 0 Å². The number of hydrogen-bond donors (Lipinski definition) is 1. The Hall–Kier alpha value is -1.43. The predicted molar refractivity (Wildman–Crippen MR) is 92.4 cm³/mol. The Morgan fingerprint density at radius 2 is 2.12 bits per heavy atom. The standard InChI is InChI=1S/C19H28N2O3/c1-20(12-15-6-3-2-4-7-15)19(23)13-21-10-5-8-17(21)16-14-24-11-9-18(16)22/h2-4,6-7,16-18,22H,5,8-14H2,1H3/t16-,17+,18-/m0/s1. The zero-order valence-corrected chi connectivity index (χ0v) is 14.4. The van der Waals surface area contributed by atoms with Gasteiger partial charge >= 0.3 is 0 Å². The molecule has 24 heavy (non-hydrogen) atoms. The maximum Gasteiger partial charge on any atom is 0.236 e. The van der Waals surface area contributed by atoms with Crippen LogP contribution in [0.1, 0.15) is 24.8 Å². The third-order valence-electron chi connectivity index (χ3n) is 5.30. The molecule has 0 spiro atoms. The molecule has 5 heteroatoms. The lowest BCUT2D eigenvalue weighted by Gasteiger charge is -2.37. The molecule has 3 atom stereocenters. The number of likely N-dealkylation sites (N-methyl/N-ethyl adjacent to an activating group) is 1. The van der Waals surface area contributed by atoms with Gasteiger partial charge < -0.3 is 14.7 Å². The van der Waals surface area contributed by atoms with Gasteiger partial charge in [-0.25, -0.2) is 0 Å². The number of amides is 1. The summed E-state index contributed by atoms with van der Waals surface area (Å²) < 4.78 is 5.56. The maximum absolute atomic E-state index is 12.6. The van der Waals surface area contributed by atoms with Crippen LogP contribution in [0.2, 0.25) is 0 Å². The van der Waals surface area contributed by atoms with E-state index in [1.54, 1.807) is 4.90 Å². The van der Waals surface area contributed by atoms with E-state index >= 15 is 0 Å². The summed E-state index contributed by atoms with van der Waals surface area (Å²) in [5.74, 6) is 0.269. The van der Waals surface area contributed by atoms with Gasteiger partial charge in [0.2, 0.25) is 5.91 Å². The highest BCUT2D eigenvalue weighted by Crippen LogP contribution is 2.29. The van der Waals surface area contributed by atoms with Crippen LogP contribution in [0.4, 0.5) is 0 Å². The van der Waals surface area contributed by atoms with Crippen molar-refractivity contribution < 1.29 is 14.6 Å². The molecule has 1 amide bonds. The summed E-state index contributed by atoms with van der Waals surface area (Å²) in [5.41, 5.74) is 1.14. The summed E-state index contributed by atoms with van der Waals surface area (Å²) in [5, 5.41) is 10.3. The second-order valence-corrected chi connectivity index (χ2v) is 7.01. The topological polar surface area (TPSA) is 53.0 Å². The summed E-state index contributed by atoms with van der Waals surface area (Å²) in [6.07, 6.45) is 2.53. The van der Waals surface area contributed by atoms with Gasteiger partial charge in [-0.05, 0) is 31.4 Å². The van der Waals surface area contributed by atoms with Gasteiger partial charge in [-0.1, -0.05) is 30.3 Å². The molecule has 0 unspecified atom stereocenters. The summed E-state index contributed by atoms with van der Waals surface area (Å²) in [6, 6.07) is 10.3. The Morgan fingerprint density at radius 1 is 1.33 bits per heavy atom. The fourth-order valence-electron chi connectivity index (χ4n) is 3.89. The van der Waals surface area contributed by atoms with Crippen molar-refractivity contribution in [2.24, 2.45) is 5.92 Å². The predicted octanol–water partition coefficient (Wildman–Crippen LogP) is 1.51. The largest absolute Gasteiger partial charge is 0.393 e. The highest BCUT2D eigenvalue weighted by molar-refractivity contribution is 5.78. The van der Waals surface area contributed by atoms with Crippen molar-refractivity contribution in [2.75, 3.05) is 33.4 Å². The summed E-state index contributed by atoms with van der Waals surface area (Å²) in [4.78, 5) is 16.6. The van der Waals surface area contributed by atoms with Crippen molar-refractivity contribution in [1.82, 2.24) is 9.80 Å². The molecule has 0 aromatic heterocycles. The van der Waals surface area contributed by atoms with Crippen LogP contribution in [-0.2, 0) is 16.1 Å². The number of hydrogen-bond acceptors (Lipinski definition) is 4. The first-order valence-electron chi connectivity index (χ1n) is 8.93. The first-order chi connectivity index (χ1) is 11.6. The normalized spacial score (nSPS) is 28.0. The van der Waals surface area contributed by atoms with Gasteiger partial charge in [0, 0.05) is 32.2 Å². The lowest BCUT2D eigenvalue weighted by Crippen LogP contribution is -2.48. The van der Waals surface area contributed by atoms with Crippen molar-refractivity contribution in [3.8, 4) is 0 Å².